The minimum atomic E-state index is 0.323. The lowest BCUT2D eigenvalue weighted by molar-refractivity contribution is 0.340. The number of nitrogens with one attached hydrogen (secondary N) is 1. The number of allylic oxidation sites excluding steroid dienone is 2. The maximum absolute atomic E-state index is 5.62. The molecule has 130 valence electrons. The molecule has 1 N–H and O–H groups in total. The van der Waals surface area contributed by atoms with Gasteiger partial charge < -0.3 is 10.1 Å². The van der Waals surface area contributed by atoms with E-state index < -0.39 is 0 Å². The Hall–Kier alpha value is -2.74. The van der Waals surface area contributed by atoms with Crippen molar-refractivity contribution in [2.24, 2.45) is 5.92 Å². The van der Waals surface area contributed by atoms with Gasteiger partial charge in [-0.1, -0.05) is 60.7 Å². The van der Waals surface area contributed by atoms with Gasteiger partial charge in [0, 0.05) is 17.0 Å². The maximum Gasteiger partial charge on any atom is 0.119 e. The minimum Gasteiger partial charge on any atom is -0.494 e. The lowest BCUT2D eigenvalue weighted by Gasteiger charge is -2.38. The van der Waals surface area contributed by atoms with E-state index in [0.29, 0.717) is 24.5 Å². The zero-order chi connectivity index (χ0) is 17.5. The molecule has 2 aliphatic rings. The average Bonchev–Trinajstić information content (AvgIpc) is 3.18. The first-order valence-electron chi connectivity index (χ1n) is 9.53. The van der Waals surface area contributed by atoms with Crippen LogP contribution in [0.15, 0.2) is 72.8 Å². The van der Waals surface area contributed by atoms with Gasteiger partial charge in [-0.15, -0.1) is 0 Å². The molecule has 3 aromatic rings. The fourth-order valence-electron chi connectivity index (χ4n) is 4.61. The Balaban J connectivity index is 1.60. The van der Waals surface area contributed by atoms with Gasteiger partial charge in [0.1, 0.15) is 5.75 Å². The third kappa shape index (κ3) is 2.40. The Kier molecular flexibility index (Phi) is 3.70. The summed E-state index contributed by atoms with van der Waals surface area (Å²) in [6.45, 7) is 2.72. The Morgan fingerprint density at radius 1 is 1.00 bits per heavy atom. The summed E-state index contributed by atoms with van der Waals surface area (Å²) in [5.41, 5.74) is 4.07. The van der Waals surface area contributed by atoms with Gasteiger partial charge in [-0.2, -0.15) is 0 Å². The second-order valence-corrected chi connectivity index (χ2v) is 7.23. The Morgan fingerprint density at radius 2 is 1.85 bits per heavy atom. The van der Waals surface area contributed by atoms with E-state index in [0.717, 1.165) is 12.2 Å². The number of benzene rings is 3. The van der Waals surface area contributed by atoms with Gasteiger partial charge in [0.25, 0.3) is 0 Å². The van der Waals surface area contributed by atoms with Gasteiger partial charge in [0.05, 0.1) is 12.6 Å². The lowest BCUT2D eigenvalue weighted by Crippen LogP contribution is -2.29. The van der Waals surface area contributed by atoms with Gasteiger partial charge in [-0.25, -0.2) is 0 Å². The molecular formula is C24H23NO. The molecule has 0 saturated carbocycles. The number of rotatable bonds is 3. The molecular weight excluding hydrogens is 318 g/mol. The third-order valence-electron chi connectivity index (χ3n) is 5.81. The predicted octanol–water partition coefficient (Wildman–Crippen LogP) is 6.07. The van der Waals surface area contributed by atoms with E-state index in [1.54, 1.807) is 0 Å². The zero-order valence-electron chi connectivity index (χ0n) is 15.0. The largest absolute Gasteiger partial charge is 0.494 e. The van der Waals surface area contributed by atoms with Crippen molar-refractivity contribution in [3.8, 4) is 5.75 Å². The molecule has 3 unspecified atom stereocenters. The number of hydrogen-bond acceptors (Lipinski definition) is 2. The van der Waals surface area contributed by atoms with Gasteiger partial charge >= 0.3 is 0 Å². The van der Waals surface area contributed by atoms with Crippen LogP contribution in [-0.4, -0.2) is 6.61 Å². The van der Waals surface area contributed by atoms with Crippen LogP contribution in [0.2, 0.25) is 0 Å². The first-order chi connectivity index (χ1) is 12.8. The van der Waals surface area contributed by atoms with Crippen molar-refractivity contribution in [1.29, 1.82) is 0 Å². The average molecular weight is 341 g/mol. The summed E-state index contributed by atoms with van der Waals surface area (Å²) < 4.78 is 5.62. The summed E-state index contributed by atoms with van der Waals surface area (Å²) >= 11 is 0. The molecule has 1 heterocycles. The van der Waals surface area contributed by atoms with Crippen molar-refractivity contribution in [3.05, 3.63) is 83.9 Å². The van der Waals surface area contributed by atoms with Crippen molar-refractivity contribution >= 4 is 16.5 Å². The number of ether oxygens (including phenoxy) is 1. The van der Waals surface area contributed by atoms with Crippen LogP contribution in [0.5, 0.6) is 5.75 Å². The smallest absolute Gasteiger partial charge is 0.119 e. The maximum atomic E-state index is 5.62. The fraction of sp³-hybridized carbons (Fsp3) is 0.250. The van der Waals surface area contributed by atoms with Crippen LogP contribution in [0, 0.1) is 5.92 Å². The fourth-order valence-corrected chi connectivity index (χ4v) is 4.61. The van der Waals surface area contributed by atoms with Gasteiger partial charge in [-0.05, 0) is 47.9 Å². The van der Waals surface area contributed by atoms with E-state index >= 15 is 0 Å². The standard InChI is InChI=1S/C24H23NO/c1-2-26-18-13-10-17(11-14-18)23-21-9-5-8-20(21)22-15-12-16-6-3-4-7-19(16)24(22)25-23/h3-8,10-15,20-21,23,25H,2,9H2,1H3. The number of hydrogen-bond donors (Lipinski definition) is 1. The summed E-state index contributed by atoms with van der Waals surface area (Å²) in [5.74, 6) is 2.01. The van der Waals surface area contributed by atoms with Crippen LogP contribution in [0.1, 0.15) is 36.4 Å². The van der Waals surface area contributed by atoms with Crippen molar-refractivity contribution in [2.75, 3.05) is 11.9 Å². The summed E-state index contributed by atoms with van der Waals surface area (Å²) in [6.07, 6.45) is 5.88. The normalized spacial score (nSPS) is 23.3. The summed E-state index contributed by atoms with van der Waals surface area (Å²) in [6, 6.07) is 22.2. The highest BCUT2D eigenvalue weighted by atomic mass is 16.5. The third-order valence-corrected chi connectivity index (χ3v) is 5.81. The SMILES string of the molecule is CCOc1ccc(C2Nc3c(ccc4ccccc34)C3C=CCC32)cc1. The molecule has 2 heteroatoms. The topological polar surface area (TPSA) is 21.3 Å². The molecule has 0 radical (unpaired) electrons. The lowest BCUT2D eigenvalue weighted by atomic mass is 9.76. The predicted molar refractivity (Wildman–Crippen MR) is 108 cm³/mol. The van der Waals surface area contributed by atoms with Crippen LogP contribution < -0.4 is 10.1 Å². The van der Waals surface area contributed by atoms with E-state index in [4.69, 9.17) is 4.74 Å². The second kappa shape index (κ2) is 6.21. The van der Waals surface area contributed by atoms with E-state index in [1.165, 1.54) is 27.6 Å². The molecule has 3 atom stereocenters. The molecule has 0 saturated heterocycles. The van der Waals surface area contributed by atoms with Crippen LogP contribution in [0.4, 0.5) is 5.69 Å². The summed E-state index contributed by atoms with van der Waals surface area (Å²) in [4.78, 5) is 0. The van der Waals surface area contributed by atoms with E-state index in [-0.39, 0.29) is 0 Å². The summed E-state index contributed by atoms with van der Waals surface area (Å²) in [7, 11) is 0. The molecule has 26 heavy (non-hydrogen) atoms. The van der Waals surface area contributed by atoms with Gasteiger partial charge in [-0.3, -0.25) is 0 Å². The highest BCUT2D eigenvalue weighted by Crippen LogP contribution is 2.51. The van der Waals surface area contributed by atoms with Crippen LogP contribution in [0.3, 0.4) is 0 Å². The molecule has 0 spiro atoms. The Labute approximate surface area is 154 Å². The van der Waals surface area contributed by atoms with Crippen LogP contribution in [0.25, 0.3) is 10.8 Å². The zero-order valence-corrected chi connectivity index (χ0v) is 15.0. The molecule has 5 rings (SSSR count). The van der Waals surface area contributed by atoms with E-state index in [2.05, 4.69) is 78.1 Å². The second-order valence-electron chi connectivity index (χ2n) is 7.23. The first-order valence-corrected chi connectivity index (χ1v) is 9.53. The molecule has 0 aromatic heterocycles. The van der Waals surface area contributed by atoms with Gasteiger partial charge in [0.15, 0.2) is 0 Å². The minimum absolute atomic E-state index is 0.323. The van der Waals surface area contributed by atoms with E-state index in [9.17, 15) is 0 Å². The van der Waals surface area contributed by atoms with Crippen molar-refractivity contribution in [1.82, 2.24) is 0 Å². The highest BCUT2D eigenvalue weighted by molar-refractivity contribution is 5.96. The quantitative estimate of drug-likeness (QED) is 0.584. The first kappa shape index (κ1) is 15.5. The molecule has 1 aliphatic heterocycles. The highest BCUT2D eigenvalue weighted by Gasteiger charge is 2.38. The molecule has 0 amide bonds. The number of anilines is 1. The Bertz CT molecular complexity index is 973. The van der Waals surface area contributed by atoms with Crippen molar-refractivity contribution in [3.63, 3.8) is 0 Å². The Morgan fingerprint density at radius 3 is 2.69 bits per heavy atom. The van der Waals surface area contributed by atoms with Crippen molar-refractivity contribution < 1.29 is 4.74 Å². The molecule has 0 fully saturated rings. The van der Waals surface area contributed by atoms with Crippen LogP contribution in [-0.2, 0) is 0 Å². The molecule has 0 bridgehead atoms. The molecule has 2 nitrogen and oxygen atoms in total. The molecule has 1 aliphatic carbocycles. The monoisotopic (exact) mass is 341 g/mol. The number of fused-ring (bicyclic) bond motifs is 5. The van der Waals surface area contributed by atoms with E-state index in [1.807, 2.05) is 6.92 Å². The molecule has 3 aromatic carbocycles. The van der Waals surface area contributed by atoms with Crippen LogP contribution >= 0.6 is 0 Å². The van der Waals surface area contributed by atoms with Crippen molar-refractivity contribution in [2.45, 2.75) is 25.3 Å². The van der Waals surface area contributed by atoms with Gasteiger partial charge in [0.2, 0.25) is 0 Å². The summed E-state index contributed by atoms with van der Waals surface area (Å²) in [5, 5.41) is 6.51.